The second-order valence-corrected chi connectivity index (χ2v) is 5.15. The highest BCUT2D eigenvalue weighted by molar-refractivity contribution is 6.03. The predicted octanol–water partition coefficient (Wildman–Crippen LogP) is 3.83. The Balaban J connectivity index is 3.20. The van der Waals surface area contributed by atoms with Crippen LogP contribution in [-0.4, -0.2) is 29.3 Å². The largest absolute Gasteiger partial charge is 0.292 e. The Morgan fingerprint density at radius 2 is 1.79 bits per heavy atom. The molecule has 106 valence electrons. The van der Waals surface area contributed by atoms with Crippen molar-refractivity contribution in [1.82, 2.24) is 4.90 Å². The highest BCUT2D eigenvalue weighted by Gasteiger charge is 2.36. The lowest BCUT2D eigenvalue weighted by atomic mass is 9.86. The molecule has 0 saturated heterocycles. The van der Waals surface area contributed by atoms with E-state index in [1.807, 2.05) is 27.7 Å². The smallest absolute Gasteiger partial charge is 0.182 e. The van der Waals surface area contributed by atoms with Crippen molar-refractivity contribution < 1.29 is 9.18 Å². The third kappa shape index (κ3) is 3.21. The molecule has 19 heavy (non-hydrogen) atoms. The van der Waals surface area contributed by atoms with Crippen LogP contribution in [0.4, 0.5) is 4.39 Å². The Labute approximate surface area is 115 Å². The Morgan fingerprint density at radius 3 is 2.21 bits per heavy atom. The van der Waals surface area contributed by atoms with Crippen LogP contribution in [0, 0.1) is 12.7 Å². The van der Waals surface area contributed by atoms with Crippen LogP contribution in [0.25, 0.3) is 0 Å². The molecule has 3 heteroatoms. The van der Waals surface area contributed by atoms with Gasteiger partial charge in [-0.2, -0.15) is 0 Å². The van der Waals surface area contributed by atoms with Crippen LogP contribution in [0.3, 0.4) is 0 Å². The topological polar surface area (TPSA) is 20.3 Å². The van der Waals surface area contributed by atoms with Crippen LogP contribution in [0.15, 0.2) is 18.2 Å². The third-order valence-corrected chi connectivity index (χ3v) is 3.94. The van der Waals surface area contributed by atoms with E-state index in [0.717, 1.165) is 18.7 Å². The second kappa shape index (κ2) is 6.29. The van der Waals surface area contributed by atoms with Gasteiger partial charge in [-0.15, -0.1) is 0 Å². The van der Waals surface area contributed by atoms with Crippen molar-refractivity contribution >= 4 is 5.78 Å². The van der Waals surface area contributed by atoms with Crippen LogP contribution in [-0.2, 0) is 0 Å². The molecule has 1 unspecified atom stereocenters. The Kier molecular flexibility index (Phi) is 5.24. The average Bonchev–Trinajstić information content (AvgIpc) is 2.37. The molecule has 0 aliphatic heterocycles. The number of hydrogen-bond acceptors (Lipinski definition) is 2. The van der Waals surface area contributed by atoms with E-state index in [4.69, 9.17) is 0 Å². The zero-order valence-electron chi connectivity index (χ0n) is 12.6. The highest BCUT2D eigenvalue weighted by Crippen LogP contribution is 2.25. The lowest BCUT2D eigenvalue weighted by Gasteiger charge is -2.38. The zero-order valence-corrected chi connectivity index (χ0v) is 12.6. The number of rotatable bonds is 6. The fraction of sp³-hybridized carbons (Fsp3) is 0.562. The van der Waals surface area contributed by atoms with Crippen molar-refractivity contribution in [3.05, 3.63) is 35.1 Å². The van der Waals surface area contributed by atoms with E-state index in [9.17, 15) is 9.18 Å². The summed E-state index contributed by atoms with van der Waals surface area (Å²) in [6.07, 6.45) is 0.711. The number of carbonyl (C=O) groups excluding carboxylic acids is 1. The van der Waals surface area contributed by atoms with Gasteiger partial charge >= 0.3 is 0 Å². The van der Waals surface area contributed by atoms with Gasteiger partial charge in [0, 0.05) is 5.56 Å². The van der Waals surface area contributed by atoms with E-state index in [0.29, 0.717) is 12.0 Å². The van der Waals surface area contributed by atoms with Gasteiger partial charge in [-0.05, 0) is 57.1 Å². The number of nitrogens with zero attached hydrogens (tertiary/aromatic N) is 1. The lowest BCUT2D eigenvalue weighted by molar-refractivity contribution is 0.0607. The van der Waals surface area contributed by atoms with Crippen molar-refractivity contribution in [2.45, 2.75) is 46.6 Å². The first-order valence-corrected chi connectivity index (χ1v) is 6.96. The van der Waals surface area contributed by atoms with Crippen molar-refractivity contribution in [3.8, 4) is 0 Å². The summed E-state index contributed by atoms with van der Waals surface area (Å²) < 4.78 is 13.5. The molecule has 0 saturated carbocycles. The zero-order chi connectivity index (χ0) is 14.6. The minimum Gasteiger partial charge on any atom is -0.292 e. The summed E-state index contributed by atoms with van der Waals surface area (Å²) in [4.78, 5) is 14.9. The van der Waals surface area contributed by atoms with Gasteiger partial charge in [0.25, 0.3) is 0 Å². The summed E-state index contributed by atoms with van der Waals surface area (Å²) in [5, 5.41) is 0. The highest BCUT2D eigenvalue weighted by atomic mass is 19.1. The molecule has 2 nitrogen and oxygen atoms in total. The van der Waals surface area contributed by atoms with Gasteiger partial charge in [-0.1, -0.05) is 20.8 Å². The van der Waals surface area contributed by atoms with Gasteiger partial charge in [-0.25, -0.2) is 4.39 Å². The third-order valence-electron chi connectivity index (χ3n) is 3.94. The first-order chi connectivity index (χ1) is 8.88. The van der Waals surface area contributed by atoms with Crippen LogP contribution >= 0.6 is 0 Å². The number of benzene rings is 1. The van der Waals surface area contributed by atoms with E-state index in [2.05, 4.69) is 4.90 Å². The Bertz CT molecular complexity index is 434. The first kappa shape index (κ1) is 15.8. The molecule has 1 atom stereocenters. The molecule has 1 aromatic carbocycles. The molecule has 0 aromatic heterocycles. The number of likely N-dealkylation sites (N-methyl/N-ethyl adjacent to an activating group) is 1. The van der Waals surface area contributed by atoms with E-state index in [-0.39, 0.29) is 11.6 Å². The second-order valence-electron chi connectivity index (χ2n) is 5.15. The molecule has 0 fully saturated rings. The SMILES string of the molecule is CCN(CC)C(C)(CC)C(=O)c1cc(C)cc(F)c1. The number of Topliss-reactive ketones (excluding diaryl/α,β-unsaturated/α-hetero) is 1. The number of halogens is 1. The summed E-state index contributed by atoms with van der Waals surface area (Å²) in [6.45, 7) is 11.5. The van der Waals surface area contributed by atoms with Crippen LogP contribution in [0.5, 0.6) is 0 Å². The molecule has 1 rings (SSSR count). The first-order valence-electron chi connectivity index (χ1n) is 6.96. The maximum Gasteiger partial charge on any atom is 0.182 e. The number of hydrogen-bond donors (Lipinski definition) is 0. The van der Waals surface area contributed by atoms with E-state index < -0.39 is 5.54 Å². The summed E-state index contributed by atoms with van der Waals surface area (Å²) in [6, 6.07) is 4.55. The Hall–Kier alpha value is -1.22. The van der Waals surface area contributed by atoms with Crippen LogP contribution in [0.2, 0.25) is 0 Å². The molecule has 0 radical (unpaired) electrons. The van der Waals surface area contributed by atoms with Crippen molar-refractivity contribution in [2.24, 2.45) is 0 Å². The minimum atomic E-state index is -0.566. The molecule has 0 aliphatic carbocycles. The lowest BCUT2D eigenvalue weighted by Crippen LogP contribution is -2.51. The van der Waals surface area contributed by atoms with Crippen molar-refractivity contribution in [2.75, 3.05) is 13.1 Å². The monoisotopic (exact) mass is 265 g/mol. The Morgan fingerprint density at radius 1 is 1.21 bits per heavy atom. The number of ketones is 1. The molecule has 0 amide bonds. The molecule has 0 heterocycles. The van der Waals surface area contributed by atoms with Gasteiger partial charge in [0.15, 0.2) is 5.78 Å². The average molecular weight is 265 g/mol. The summed E-state index contributed by atoms with van der Waals surface area (Å²) in [5.41, 5.74) is 0.680. The molecule has 0 aliphatic rings. The van der Waals surface area contributed by atoms with Crippen molar-refractivity contribution in [1.29, 1.82) is 0 Å². The quantitative estimate of drug-likeness (QED) is 0.729. The van der Waals surface area contributed by atoms with Crippen molar-refractivity contribution in [3.63, 3.8) is 0 Å². The van der Waals surface area contributed by atoms with E-state index >= 15 is 0 Å². The van der Waals surface area contributed by atoms with Gasteiger partial charge < -0.3 is 0 Å². The van der Waals surface area contributed by atoms with Gasteiger partial charge in [0.05, 0.1) is 5.54 Å². The van der Waals surface area contributed by atoms with Crippen LogP contribution in [0.1, 0.15) is 50.0 Å². The molecular weight excluding hydrogens is 241 g/mol. The standard InChI is InChI=1S/C16H24FNO/c1-6-16(5,18(7-2)8-3)15(19)13-9-12(4)10-14(17)11-13/h9-11H,6-8H2,1-5H3. The normalized spacial score (nSPS) is 14.5. The van der Waals surface area contributed by atoms with E-state index in [1.54, 1.807) is 13.0 Å². The summed E-state index contributed by atoms with van der Waals surface area (Å²) >= 11 is 0. The molecule has 1 aromatic rings. The molecule has 0 spiro atoms. The maximum atomic E-state index is 13.5. The summed E-state index contributed by atoms with van der Waals surface area (Å²) in [7, 11) is 0. The van der Waals surface area contributed by atoms with Gasteiger partial charge in [-0.3, -0.25) is 9.69 Å². The maximum absolute atomic E-state index is 13.5. The number of carbonyl (C=O) groups is 1. The van der Waals surface area contributed by atoms with Gasteiger partial charge in [0.1, 0.15) is 5.82 Å². The number of aryl methyl sites for hydroxylation is 1. The fourth-order valence-electron chi connectivity index (χ4n) is 2.63. The summed E-state index contributed by atoms with van der Waals surface area (Å²) in [5.74, 6) is -0.345. The molecule has 0 bridgehead atoms. The molecular formula is C16H24FNO. The molecule has 0 N–H and O–H groups in total. The predicted molar refractivity (Wildman–Crippen MR) is 77.1 cm³/mol. The fourth-order valence-corrected chi connectivity index (χ4v) is 2.63. The van der Waals surface area contributed by atoms with Crippen LogP contribution < -0.4 is 0 Å². The minimum absolute atomic E-state index is 0.00120. The van der Waals surface area contributed by atoms with Gasteiger partial charge in [0.2, 0.25) is 0 Å². The van der Waals surface area contributed by atoms with E-state index in [1.165, 1.54) is 12.1 Å².